The van der Waals surface area contributed by atoms with Gasteiger partial charge in [0.15, 0.2) is 6.10 Å². The number of nitrogens with one attached hydrogen (secondary N) is 1. The van der Waals surface area contributed by atoms with E-state index < -0.39 is 23.8 Å². The van der Waals surface area contributed by atoms with Gasteiger partial charge in [0.25, 0.3) is 5.91 Å². The van der Waals surface area contributed by atoms with Crippen LogP contribution in [0.1, 0.15) is 17.3 Å². The van der Waals surface area contributed by atoms with Crippen LogP contribution in [0.2, 0.25) is 0 Å². The highest BCUT2D eigenvalue weighted by Crippen LogP contribution is 2.19. The molecular weight excluding hydrogens is 329 g/mol. The highest BCUT2D eigenvalue weighted by Gasteiger charge is 2.21. The van der Waals surface area contributed by atoms with Crippen molar-refractivity contribution in [3.05, 3.63) is 53.8 Å². The van der Waals surface area contributed by atoms with E-state index >= 15 is 0 Å². The van der Waals surface area contributed by atoms with Gasteiger partial charge in [-0.2, -0.15) is 0 Å². The quantitative estimate of drug-likeness (QED) is 0.813. The number of halogens is 1. The third-order valence-electron chi connectivity index (χ3n) is 3.39. The fourth-order valence-electron chi connectivity index (χ4n) is 2.01. The average Bonchev–Trinajstić information content (AvgIpc) is 2.61. The van der Waals surface area contributed by atoms with Gasteiger partial charge in [-0.3, -0.25) is 4.79 Å². The van der Waals surface area contributed by atoms with Crippen LogP contribution in [-0.2, 0) is 9.53 Å². The maximum absolute atomic E-state index is 13.9. The van der Waals surface area contributed by atoms with Gasteiger partial charge in [-0.05, 0) is 31.2 Å². The third kappa shape index (κ3) is 4.69. The largest absolute Gasteiger partial charge is 0.497 e. The number of hydrogen-bond acceptors (Lipinski definition) is 5. The molecule has 0 aliphatic rings. The standard InChI is InChI=1S/C18H18FNO5/c1-11(17(21)20-12-5-4-6-13(9-12)23-2)25-18(22)15-8-7-14(24-3)10-16(15)19/h4-11H,1-3H3,(H,20,21). The van der Waals surface area contributed by atoms with Crippen LogP contribution in [0.4, 0.5) is 10.1 Å². The van der Waals surface area contributed by atoms with Crippen molar-refractivity contribution in [1.29, 1.82) is 0 Å². The molecule has 7 heteroatoms. The lowest BCUT2D eigenvalue weighted by molar-refractivity contribution is -0.123. The van der Waals surface area contributed by atoms with E-state index in [1.165, 1.54) is 33.3 Å². The Bertz CT molecular complexity index is 778. The van der Waals surface area contributed by atoms with Crippen molar-refractivity contribution in [2.24, 2.45) is 0 Å². The summed E-state index contributed by atoms with van der Waals surface area (Å²) in [6, 6.07) is 10.5. The Balaban J connectivity index is 2.01. The summed E-state index contributed by atoms with van der Waals surface area (Å²) in [5.41, 5.74) is 0.213. The molecule has 2 rings (SSSR count). The van der Waals surface area contributed by atoms with Gasteiger partial charge in [-0.1, -0.05) is 6.07 Å². The number of anilines is 1. The van der Waals surface area contributed by atoms with Crippen LogP contribution in [0.25, 0.3) is 0 Å². The average molecular weight is 347 g/mol. The zero-order valence-corrected chi connectivity index (χ0v) is 14.0. The highest BCUT2D eigenvalue weighted by atomic mass is 19.1. The maximum atomic E-state index is 13.9. The molecular formula is C18H18FNO5. The van der Waals surface area contributed by atoms with Crippen molar-refractivity contribution in [3.63, 3.8) is 0 Å². The number of amides is 1. The summed E-state index contributed by atoms with van der Waals surface area (Å²) in [5.74, 6) is -1.42. The van der Waals surface area contributed by atoms with Gasteiger partial charge in [0.05, 0.1) is 19.8 Å². The smallest absolute Gasteiger partial charge is 0.341 e. The number of ether oxygens (including phenoxy) is 3. The SMILES string of the molecule is COc1cccc(NC(=O)C(C)OC(=O)c2ccc(OC)cc2F)c1. The van der Waals surface area contributed by atoms with Crippen LogP contribution in [-0.4, -0.2) is 32.2 Å². The molecule has 1 atom stereocenters. The lowest BCUT2D eigenvalue weighted by Crippen LogP contribution is -2.30. The van der Waals surface area contributed by atoms with E-state index in [4.69, 9.17) is 14.2 Å². The molecule has 1 amide bonds. The molecule has 0 saturated carbocycles. The Morgan fingerprint density at radius 1 is 1.04 bits per heavy atom. The Labute approximate surface area is 144 Å². The van der Waals surface area contributed by atoms with Crippen molar-refractivity contribution >= 4 is 17.6 Å². The second-order valence-corrected chi connectivity index (χ2v) is 5.11. The van der Waals surface area contributed by atoms with Crippen LogP contribution < -0.4 is 14.8 Å². The van der Waals surface area contributed by atoms with Crippen LogP contribution in [0.15, 0.2) is 42.5 Å². The van der Waals surface area contributed by atoms with Crippen LogP contribution >= 0.6 is 0 Å². The minimum absolute atomic E-state index is 0.276. The van der Waals surface area contributed by atoms with Crippen molar-refractivity contribution in [3.8, 4) is 11.5 Å². The first-order chi connectivity index (χ1) is 11.9. The van der Waals surface area contributed by atoms with Crippen molar-refractivity contribution in [2.45, 2.75) is 13.0 Å². The van der Waals surface area contributed by atoms with Gasteiger partial charge >= 0.3 is 5.97 Å². The molecule has 1 N–H and O–H groups in total. The highest BCUT2D eigenvalue weighted by molar-refractivity contribution is 5.97. The van der Waals surface area contributed by atoms with E-state index in [0.717, 1.165) is 6.07 Å². The number of rotatable bonds is 6. The molecule has 0 aromatic heterocycles. The number of methoxy groups -OCH3 is 2. The number of esters is 1. The van der Waals surface area contributed by atoms with Gasteiger partial charge < -0.3 is 19.5 Å². The first kappa shape index (κ1) is 18.3. The zero-order valence-electron chi connectivity index (χ0n) is 14.0. The normalized spacial score (nSPS) is 11.4. The van der Waals surface area contributed by atoms with E-state index in [1.54, 1.807) is 24.3 Å². The van der Waals surface area contributed by atoms with E-state index in [-0.39, 0.29) is 11.3 Å². The Kier molecular flexibility index (Phi) is 5.94. The minimum Gasteiger partial charge on any atom is -0.497 e. The Morgan fingerprint density at radius 3 is 2.36 bits per heavy atom. The molecule has 0 fully saturated rings. The summed E-state index contributed by atoms with van der Waals surface area (Å²) in [7, 11) is 2.90. The second-order valence-electron chi connectivity index (χ2n) is 5.11. The molecule has 0 spiro atoms. The second kappa shape index (κ2) is 8.14. The molecule has 2 aromatic carbocycles. The molecule has 0 aliphatic heterocycles. The van der Waals surface area contributed by atoms with Gasteiger partial charge in [-0.25, -0.2) is 9.18 Å². The molecule has 6 nitrogen and oxygen atoms in total. The van der Waals surface area contributed by atoms with Gasteiger partial charge in [0, 0.05) is 17.8 Å². The molecule has 0 heterocycles. The van der Waals surface area contributed by atoms with Crippen molar-refractivity contribution in [1.82, 2.24) is 0 Å². The van der Waals surface area contributed by atoms with Gasteiger partial charge in [0.1, 0.15) is 17.3 Å². The lowest BCUT2D eigenvalue weighted by Gasteiger charge is -2.14. The Hall–Kier alpha value is -3.09. The molecule has 2 aromatic rings. The molecule has 25 heavy (non-hydrogen) atoms. The predicted octanol–water partition coefficient (Wildman–Crippen LogP) is 3.03. The number of carbonyl (C=O) groups is 2. The van der Waals surface area contributed by atoms with E-state index in [0.29, 0.717) is 11.4 Å². The first-order valence-electron chi connectivity index (χ1n) is 7.44. The van der Waals surface area contributed by atoms with E-state index in [2.05, 4.69) is 5.32 Å². The summed E-state index contributed by atoms with van der Waals surface area (Å²) >= 11 is 0. The number of hydrogen-bond donors (Lipinski definition) is 1. The molecule has 0 bridgehead atoms. The summed E-state index contributed by atoms with van der Waals surface area (Å²) in [5, 5.41) is 2.60. The zero-order chi connectivity index (χ0) is 18.4. The van der Waals surface area contributed by atoms with Gasteiger partial charge in [-0.15, -0.1) is 0 Å². The summed E-state index contributed by atoms with van der Waals surface area (Å²) in [6.07, 6.45) is -1.11. The summed E-state index contributed by atoms with van der Waals surface area (Å²) < 4.78 is 28.8. The van der Waals surface area contributed by atoms with Gasteiger partial charge in [0.2, 0.25) is 0 Å². The van der Waals surface area contributed by atoms with E-state index in [9.17, 15) is 14.0 Å². The summed E-state index contributed by atoms with van der Waals surface area (Å²) in [4.78, 5) is 24.2. The monoisotopic (exact) mass is 347 g/mol. The molecule has 0 aliphatic carbocycles. The minimum atomic E-state index is -1.11. The fraction of sp³-hybridized carbons (Fsp3) is 0.222. The van der Waals surface area contributed by atoms with E-state index in [1.807, 2.05) is 0 Å². The number of carbonyl (C=O) groups excluding carboxylic acids is 2. The fourth-order valence-corrected chi connectivity index (χ4v) is 2.01. The topological polar surface area (TPSA) is 73.9 Å². The first-order valence-corrected chi connectivity index (χ1v) is 7.44. The van der Waals surface area contributed by atoms with Crippen molar-refractivity contribution < 1.29 is 28.2 Å². The maximum Gasteiger partial charge on any atom is 0.341 e. The molecule has 0 radical (unpaired) electrons. The summed E-state index contributed by atoms with van der Waals surface area (Å²) in [6.45, 7) is 1.40. The Morgan fingerprint density at radius 2 is 1.72 bits per heavy atom. The van der Waals surface area contributed by atoms with Crippen molar-refractivity contribution in [2.75, 3.05) is 19.5 Å². The van der Waals surface area contributed by atoms with Crippen LogP contribution in [0.3, 0.4) is 0 Å². The lowest BCUT2D eigenvalue weighted by atomic mass is 10.2. The number of benzene rings is 2. The molecule has 0 saturated heterocycles. The molecule has 1 unspecified atom stereocenters. The van der Waals surface area contributed by atoms with Crippen LogP contribution in [0, 0.1) is 5.82 Å². The third-order valence-corrected chi connectivity index (χ3v) is 3.39. The molecule has 132 valence electrons. The van der Waals surface area contributed by atoms with Crippen LogP contribution in [0.5, 0.6) is 11.5 Å². The predicted molar refractivity (Wildman–Crippen MR) is 89.5 cm³/mol.